The molecule has 1 atom stereocenters. The van der Waals surface area contributed by atoms with E-state index in [1.54, 1.807) is 6.92 Å². The molecule has 0 bridgehead atoms. The highest BCUT2D eigenvalue weighted by atomic mass is 19.1. The van der Waals surface area contributed by atoms with Crippen molar-refractivity contribution in [3.63, 3.8) is 0 Å². The molecule has 0 aliphatic rings. The Hall–Kier alpha value is -2.09. The van der Waals surface area contributed by atoms with E-state index in [2.05, 4.69) is 21.5 Å². The van der Waals surface area contributed by atoms with Crippen LogP contribution in [0.2, 0.25) is 0 Å². The van der Waals surface area contributed by atoms with Crippen LogP contribution >= 0.6 is 0 Å². The van der Waals surface area contributed by atoms with E-state index in [1.165, 1.54) is 12.1 Å². The number of rotatable bonds is 3. The Bertz CT molecular complexity index is 438. The van der Waals surface area contributed by atoms with Gasteiger partial charge in [0.2, 0.25) is 0 Å². The summed E-state index contributed by atoms with van der Waals surface area (Å²) in [5.41, 5.74) is -0.704. The molecule has 1 aromatic rings. The number of hydrogen-bond donors (Lipinski definition) is 2. The minimum atomic E-state index is -0.704. The van der Waals surface area contributed by atoms with Gasteiger partial charge in [0, 0.05) is 0 Å². The number of nitrogens with zero attached hydrogens (tertiary/aromatic N) is 1. The number of hydrogen-bond acceptors (Lipinski definition) is 2. The second-order valence-electron chi connectivity index (χ2n) is 3.77. The van der Waals surface area contributed by atoms with Gasteiger partial charge in [-0.1, -0.05) is 12.8 Å². The normalized spacial score (nSPS) is 13.3. The van der Waals surface area contributed by atoms with Crippen molar-refractivity contribution in [2.45, 2.75) is 25.8 Å². The van der Waals surface area contributed by atoms with Crippen molar-refractivity contribution in [1.29, 1.82) is 0 Å². The van der Waals surface area contributed by atoms with Gasteiger partial charge in [0.25, 0.3) is 0 Å². The molecule has 1 rings (SSSR count). The zero-order valence-corrected chi connectivity index (χ0v) is 9.75. The predicted octanol–water partition coefficient (Wildman–Crippen LogP) is 2.14. The standard InChI is InChI=1S/C12H14FN3O/c1-4-12(3,5-2)16-11(17)15-10-7-6-9(13)8-14-10/h1,6-8H,5H2,2-3H3,(H2,14,15,16,17). The van der Waals surface area contributed by atoms with Gasteiger partial charge >= 0.3 is 6.03 Å². The van der Waals surface area contributed by atoms with Crippen LogP contribution in [0.5, 0.6) is 0 Å². The maximum absolute atomic E-state index is 12.6. The Balaban J connectivity index is 2.62. The molecule has 1 unspecified atom stereocenters. The molecule has 1 heterocycles. The van der Waals surface area contributed by atoms with E-state index in [-0.39, 0.29) is 5.82 Å². The van der Waals surface area contributed by atoms with Gasteiger partial charge < -0.3 is 5.32 Å². The number of aromatic nitrogens is 1. The minimum absolute atomic E-state index is 0.263. The molecule has 0 saturated heterocycles. The molecule has 90 valence electrons. The minimum Gasteiger partial charge on any atom is -0.322 e. The number of terminal acetylenes is 1. The summed E-state index contributed by atoms with van der Waals surface area (Å²) in [5.74, 6) is 2.30. The summed E-state index contributed by atoms with van der Waals surface area (Å²) in [5, 5.41) is 5.11. The summed E-state index contributed by atoms with van der Waals surface area (Å²) in [4.78, 5) is 15.3. The van der Waals surface area contributed by atoms with Crippen molar-refractivity contribution in [1.82, 2.24) is 10.3 Å². The smallest absolute Gasteiger partial charge is 0.321 e. The van der Waals surface area contributed by atoms with Gasteiger partial charge in [-0.2, -0.15) is 0 Å². The van der Waals surface area contributed by atoms with Crippen LogP contribution < -0.4 is 10.6 Å². The molecule has 0 aromatic carbocycles. The van der Waals surface area contributed by atoms with E-state index in [0.29, 0.717) is 6.42 Å². The van der Waals surface area contributed by atoms with Crippen LogP contribution in [0.25, 0.3) is 0 Å². The summed E-state index contributed by atoms with van der Waals surface area (Å²) in [6.07, 6.45) is 6.95. The summed E-state index contributed by atoms with van der Waals surface area (Å²) < 4.78 is 12.6. The lowest BCUT2D eigenvalue weighted by Crippen LogP contribution is -2.46. The zero-order chi connectivity index (χ0) is 12.9. The molecule has 0 aliphatic carbocycles. The summed E-state index contributed by atoms with van der Waals surface area (Å²) in [6, 6.07) is 2.11. The van der Waals surface area contributed by atoms with Gasteiger partial charge in [-0.3, -0.25) is 5.32 Å². The first-order chi connectivity index (χ1) is 7.99. The average molecular weight is 235 g/mol. The third kappa shape index (κ3) is 3.76. The predicted molar refractivity (Wildman–Crippen MR) is 63.9 cm³/mol. The Kier molecular flexibility index (Phi) is 4.05. The van der Waals surface area contributed by atoms with E-state index < -0.39 is 17.4 Å². The molecule has 0 aliphatic heterocycles. The van der Waals surface area contributed by atoms with Crippen LogP contribution in [-0.4, -0.2) is 16.6 Å². The molecular weight excluding hydrogens is 221 g/mol. The van der Waals surface area contributed by atoms with Crippen molar-refractivity contribution in [3.8, 4) is 12.3 Å². The molecular formula is C12H14FN3O. The van der Waals surface area contributed by atoms with Crippen molar-refractivity contribution in [2.75, 3.05) is 5.32 Å². The molecule has 0 spiro atoms. The van der Waals surface area contributed by atoms with Crippen molar-refractivity contribution in [2.24, 2.45) is 0 Å². The number of carbonyl (C=O) groups excluding carboxylic acids is 1. The van der Waals surface area contributed by atoms with Gasteiger partial charge in [-0.25, -0.2) is 14.2 Å². The van der Waals surface area contributed by atoms with Gasteiger partial charge in [-0.15, -0.1) is 6.42 Å². The lowest BCUT2D eigenvalue weighted by atomic mass is 10.0. The van der Waals surface area contributed by atoms with Crippen molar-refractivity contribution in [3.05, 3.63) is 24.1 Å². The first-order valence-electron chi connectivity index (χ1n) is 5.17. The zero-order valence-electron chi connectivity index (χ0n) is 9.75. The lowest BCUT2D eigenvalue weighted by Gasteiger charge is -2.23. The van der Waals surface area contributed by atoms with E-state index >= 15 is 0 Å². The van der Waals surface area contributed by atoms with Crippen LogP contribution in [0.15, 0.2) is 18.3 Å². The van der Waals surface area contributed by atoms with E-state index in [9.17, 15) is 9.18 Å². The fraction of sp³-hybridized carbons (Fsp3) is 0.333. The van der Waals surface area contributed by atoms with Crippen LogP contribution in [-0.2, 0) is 0 Å². The van der Waals surface area contributed by atoms with E-state index in [1.807, 2.05) is 6.92 Å². The van der Waals surface area contributed by atoms with E-state index in [4.69, 9.17) is 6.42 Å². The third-order valence-corrected chi connectivity index (χ3v) is 2.38. The first kappa shape index (κ1) is 13.0. The fourth-order valence-corrected chi connectivity index (χ4v) is 1.07. The van der Waals surface area contributed by atoms with Gasteiger partial charge in [0.15, 0.2) is 0 Å². The topological polar surface area (TPSA) is 54.0 Å². The van der Waals surface area contributed by atoms with Gasteiger partial charge in [0.05, 0.1) is 11.7 Å². The molecule has 17 heavy (non-hydrogen) atoms. The SMILES string of the molecule is C#CC(C)(CC)NC(=O)Nc1ccc(F)cn1. The molecule has 5 heteroatoms. The average Bonchev–Trinajstić information content (AvgIpc) is 2.32. The summed E-state index contributed by atoms with van der Waals surface area (Å²) in [6.45, 7) is 3.61. The number of amides is 2. The van der Waals surface area contributed by atoms with Crippen LogP contribution in [0, 0.1) is 18.2 Å². The lowest BCUT2D eigenvalue weighted by molar-refractivity contribution is 0.245. The molecule has 1 aromatic heterocycles. The largest absolute Gasteiger partial charge is 0.322 e. The number of nitrogens with one attached hydrogen (secondary N) is 2. The molecule has 0 saturated carbocycles. The van der Waals surface area contributed by atoms with Crippen molar-refractivity contribution < 1.29 is 9.18 Å². The Morgan fingerprint density at radius 1 is 1.65 bits per heavy atom. The van der Waals surface area contributed by atoms with Crippen molar-refractivity contribution >= 4 is 11.8 Å². The second kappa shape index (κ2) is 5.30. The molecule has 0 fully saturated rings. The fourth-order valence-electron chi connectivity index (χ4n) is 1.07. The molecule has 2 amide bonds. The highest BCUT2D eigenvalue weighted by Gasteiger charge is 2.21. The number of anilines is 1. The highest BCUT2D eigenvalue weighted by molar-refractivity contribution is 5.89. The summed E-state index contributed by atoms with van der Waals surface area (Å²) in [7, 11) is 0. The first-order valence-corrected chi connectivity index (χ1v) is 5.17. The monoisotopic (exact) mass is 235 g/mol. The highest BCUT2D eigenvalue weighted by Crippen LogP contribution is 2.08. The Morgan fingerprint density at radius 2 is 2.35 bits per heavy atom. The number of halogens is 1. The Morgan fingerprint density at radius 3 is 2.82 bits per heavy atom. The maximum atomic E-state index is 12.6. The molecule has 2 N–H and O–H groups in total. The molecule has 4 nitrogen and oxygen atoms in total. The van der Waals surface area contributed by atoms with Gasteiger partial charge in [-0.05, 0) is 25.5 Å². The van der Waals surface area contributed by atoms with E-state index in [0.717, 1.165) is 6.20 Å². The number of carbonyl (C=O) groups is 1. The third-order valence-electron chi connectivity index (χ3n) is 2.38. The van der Waals surface area contributed by atoms with Crippen LogP contribution in [0.4, 0.5) is 15.0 Å². The Labute approximate surface area is 99.6 Å². The van der Waals surface area contributed by atoms with Gasteiger partial charge in [0.1, 0.15) is 11.6 Å². The molecule has 0 radical (unpaired) electrons. The number of urea groups is 1. The van der Waals surface area contributed by atoms with Crippen LogP contribution in [0.1, 0.15) is 20.3 Å². The maximum Gasteiger partial charge on any atom is 0.321 e. The second-order valence-corrected chi connectivity index (χ2v) is 3.77. The summed E-state index contributed by atoms with van der Waals surface area (Å²) >= 11 is 0. The van der Waals surface area contributed by atoms with Crippen LogP contribution in [0.3, 0.4) is 0 Å². The quantitative estimate of drug-likeness (QED) is 0.789. The number of pyridine rings is 1.